The smallest absolute Gasteiger partial charge is 0.315 e. The highest BCUT2D eigenvalue weighted by atomic mass is 32.1. The maximum Gasteiger partial charge on any atom is 0.315 e. The minimum atomic E-state index is -0.726. The number of rotatable bonds is 4. The van der Waals surface area contributed by atoms with E-state index in [4.69, 9.17) is 0 Å². The van der Waals surface area contributed by atoms with E-state index in [-0.39, 0.29) is 0 Å². The normalized spacial score (nSPS) is 13.4. The summed E-state index contributed by atoms with van der Waals surface area (Å²) < 4.78 is 0. The molecule has 0 atom stereocenters. The Kier molecular flexibility index (Phi) is 5.55. The zero-order chi connectivity index (χ0) is 20.2. The van der Waals surface area contributed by atoms with E-state index < -0.39 is 11.8 Å². The number of hydrogen-bond acceptors (Lipinski definition) is 6. The van der Waals surface area contributed by atoms with Crippen molar-refractivity contribution in [2.75, 3.05) is 29.5 Å². The van der Waals surface area contributed by atoms with Crippen molar-refractivity contribution >= 4 is 45.3 Å². The molecule has 8 heteroatoms. The first-order valence-corrected chi connectivity index (χ1v) is 10.1. The average molecular weight is 407 g/mol. The third-order valence-electron chi connectivity index (χ3n) is 4.55. The van der Waals surface area contributed by atoms with Crippen molar-refractivity contribution in [3.8, 4) is 0 Å². The number of nitrogens with zero attached hydrogens (tertiary/aromatic N) is 2. The molecule has 2 amide bonds. The van der Waals surface area contributed by atoms with Gasteiger partial charge in [0.05, 0.1) is 5.69 Å². The molecule has 0 aliphatic carbocycles. The average Bonchev–Trinajstić information content (AvgIpc) is 3.11. The zero-order valence-electron chi connectivity index (χ0n) is 15.9. The van der Waals surface area contributed by atoms with Gasteiger partial charge in [0.2, 0.25) is 0 Å². The number of fused-ring (bicyclic) bond motifs is 1. The topological polar surface area (TPSA) is 86.4 Å². The van der Waals surface area contributed by atoms with Crippen molar-refractivity contribution in [1.29, 1.82) is 0 Å². The van der Waals surface area contributed by atoms with Crippen LogP contribution >= 0.6 is 11.3 Å². The monoisotopic (exact) mass is 407 g/mol. The second-order valence-electron chi connectivity index (χ2n) is 6.85. The number of thiazole rings is 1. The van der Waals surface area contributed by atoms with Gasteiger partial charge in [-0.3, -0.25) is 14.9 Å². The molecular formula is C21H21N5O2S. The molecule has 0 bridgehead atoms. The summed E-state index contributed by atoms with van der Waals surface area (Å²) in [4.78, 5) is 32.2. The summed E-state index contributed by atoms with van der Waals surface area (Å²) in [5.74, 6) is -1.45. The van der Waals surface area contributed by atoms with Crippen molar-refractivity contribution in [2.45, 2.75) is 13.0 Å². The molecule has 0 saturated heterocycles. The van der Waals surface area contributed by atoms with Gasteiger partial charge in [0.1, 0.15) is 0 Å². The van der Waals surface area contributed by atoms with Crippen molar-refractivity contribution in [3.63, 3.8) is 0 Å². The summed E-state index contributed by atoms with van der Waals surface area (Å²) in [6.07, 6.45) is 0.855. The SMILES string of the molecule is CN1CCc2nc(NC(=O)C(=O)Nc3ccc(Nc4ccccc4)cc3)sc2C1. The van der Waals surface area contributed by atoms with Gasteiger partial charge in [-0.2, -0.15) is 0 Å². The molecule has 148 valence electrons. The van der Waals surface area contributed by atoms with E-state index >= 15 is 0 Å². The van der Waals surface area contributed by atoms with Crippen LogP contribution in [0.25, 0.3) is 0 Å². The maximum atomic E-state index is 12.2. The Morgan fingerprint density at radius 1 is 0.931 bits per heavy atom. The van der Waals surface area contributed by atoms with Gasteiger partial charge in [0.15, 0.2) is 5.13 Å². The molecule has 3 N–H and O–H groups in total. The first-order chi connectivity index (χ1) is 14.1. The van der Waals surface area contributed by atoms with Crippen LogP contribution in [0.1, 0.15) is 10.6 Å². The van der Waals surface area contributed by atoms with Crippen LogP contribution in [0, 0.1) is 0 Å². The molecule has 29 heavy (non-hydrogen) atoms. The number of likely N-dealkylation sites (N-methyl/N-ethyl adjacent to an activating group) is 1. The second kappa shape index (κ2) is 8.42. The highest BCUT2D eigenvalue weighted by Crippen LogP contribution is 2.27. The molecule has 0 unspecified atom stereocenters. The van der Waals surface area contributed by atoms with Crippen LogP contribution in [-0.4, -0.2) is 35.3 Å². The quantitative estimate of drug-likeness (QED) is 0.577. The summed E-state index contributed by atoms with van der Waals surface area (Å²) in [6.45, 7) is 1.76. The van der Waals surface area contributed by atoms with Crippen LogP contribution in [0.5, 0.6) is 0 Å². The predicted molar refractivity (Wildman–Crippen MR) is 116 cm³/mol. The zero-order valence-corrected chi connectivity index (χ0v) is 16.8. The standard InChI is InChI=1S/C21H21N5O2S/c1-26-12-11-17-18(13-26)29-21(24-17)25-20(28)19(27)23-16-9-7-15(8-10-16)22-14-5-3-2-4-6-14/h2-10,22H,11-13H2,1H3,(H,23,27)(H,24,25,28). The van der Waals surface area contributed by atoms with Gasteiger partial charge in [0, 0.05) is 41.4 Å². The van der Waals surface area contributed by atoms with Crippen molar-refractivity contribution < 1.29 is 9.59 Å². The van der Waals surface area contributed by atoms with E-state index in [1.54, 1.807) is 12.1 Å². The summed E-state index contributed by atoms with van der Waals surface area (Å²) in [7, 11) is 2.05. The Labute approximate surface area is 172 Å². The Morgan fingerprint density at radius 2 is 1.59 bits per heavy atom. The van der Waals surface area contributed by atoms with Gasteiger partial charge in [-0.15, -0.1) is 11.3 Å². The molecule has 2 heterocycles. The van der Waals surface area contributed by atoms with Crippen molar-refractivity contribution in [1.82, 2.24) is 9.88 Å². The Hall–Kier alpha value is -3.23. The highest BCUT2D eigenvalue weighted by Gasteiger charge is 2.21. The van der Waals surface area contributed by atoms with E-state index in [2.05, 4.69) is 32.9 Å². The van der Waals surface area contributed by atoms with E-state index in [9.17, 15) is 9.59 Å². The van der Waals surface area contributed by atoms with Gasteiger partial charge in [-0.1, -0.05) is 18.2 Å². The van der Waals surface area contributed by atoms with Crippen molar-refractivity contribution in [2.24, 2.45) is 0 Å². The lowest BCUT2D eigenvalue weighted by molar-refractivity contribution is -0.132. The number of carbonyl (C=O) groups excluding carboxylic acids is 2. The number of carbonyl (C=O) groups is 2. The molecule has 3 aromatic rings. The van der Waals surface area contributed by atoms with Crippen LogP contribution in [0.15, 0.2) is 54.6 Å². The van der Waals surface area contributed by atoms with E-state index in [1.807, 2.05) is 42.5 Å². The number of aromatic nitrogens is 1. The largest absolute Gasteiger partial charge is 0.356 e. The Morgan fingerprint density at radius 3 is 2.34 bits per heavy atom. The minimum Gasteiger partial charge on any atom is -0.356 e. The van der Waals surface area contributed by atoms with E-state index in [1.165, 1.54) is 11.3 Å². The minimum absolute atomic E-state index is 0.466. The lowest BCUT2D eigenvalue weighted by Gasteiger charge is -2.20. The molecular weight excluding hydrogens is 386 g/mol. The van der Waals surface area contributed by atoms with Gasteiger partial charge >= 0.3 is 11.8 Å². The van der Waals surface area contributed by atoms with Crippen LogP contribution in [0.2, 0.25) is 0 Å². The Bertz CT molecular complexity index is 1020. The molecule has 4 rings (SSSR count). The third-order valence-corrected chi connectivity index (χ3v) is 5.55. The first-order valence-electron chi connectivity index (χ1n) is 9.28. The fraction of sp³-hybridized carbons (Fsp3) is 0.190. The Balaban J connectivity index is 1.33. The fourth-order valence-corrected chi connectivity index (χ4v) is 4.13. The lowest BCUT2D eigenvalue weighted by Crippen LogP contribution is -2.29. The lowest BCUT2D eigenvalue weighted by atomic mass is 10.2. The molecule has 0 saturated carbocycles. The number of nitrogens with one attached hydrogen (secondary N) is 3. The van der Waals surface area contributed by atoms with Crippen LogP contribution in [0.3, 0.4) is 0 Å². The summed E-state index contributed by atoms with van der Waals surface area (Å²) >= 11 is 1.42. The molecule has 0 fully saturated rings. The molecule has 2 aromatic carbocycles. The molecule has 7 nitrogen and oxygen atoms in total. The molecule has 1 aliphatic rings. The van der Waals surface area contributed by atoms with Gasteiger partial charge in [-0.25, -0.2) is 4.98 Å². The van der Waals surface area contributed by atoms with Gasteiger partial charge < -0.3 is 15.5 Å². The van der Waals surface area contributed by atoms with Crippen LogP contribution < -0.4 is 16.0 Å². The molecule has 1 aromatic heterocycles. The van der Waals surface area contributed by atoms with Crippen LogP contribution in [-0.2, 0) is 22.6 Å². The number of hydrogen-bond donors (Lipinski definition) is 3. The highest BCUT2D eigenvalue weighted by molar-refractivity contribution is 7.16. The number of benzene rings is 2. The number of anilines is 4. The molecule has 1 aliphatic heterocycles. The van der Waals surface area contributed by atoms with Gasteiger partial charge in [-0.05, 0) is 43.4 Å². The van der Waals surface area contributed by atoms with E-state index in [0.717, 1.165) is 41.5 Å². The summed E-state index contributed by atoms with van der Waals surface area (Å²) in [5.41, 5.74) is 3.41. The first kappa shape index (κ1) is 19.1. The number of para-hydroxylation sites is 1. The predicted octanol–water partition coefficient (Wildman–Crippen LogP) is 3.45. The second-order valence-corrected chi connectivity index (χ2v) is 7.94. The third kappa shape index (κ3) is 4.79. The van der Waals surface area contributed by atoms with Crippen molar-refractivity contribution in [3.05, 3.63) is 65.2 Å². The molecule has 0 spiro atoms. The molecule has 0 radical (unpaired) electrons. The summed E-state index contributed by atoms with van der Waals surface area (Å²) in [6, 6.07) is 17.0. The van der Waals surface area contributed by atoms with Gasteiger partial charge in [0.25, 0.3) is 0 Å². The summed E-state index contributed by atoms with van der Waals surface area (Å²) in [5, 5.41) is 8.95. The maximum absolute atomic E-state index is 12.2. The number of amides is 2. The van der Waals surface area contributed by atoms with E-state index in [0.29, 0.717) is 10.8 Å². The fourth-order valence-electron chi connectivity index (χ4n) is 3.04. The van der Waals surface area contributed by atoms with Crippen LogP contribution in [0.4, 0.5) is 22.2 Å².